The van der Waals surface area contributed by atoms with Gasteiger partial charge in [-0.3, -0.25) is 14.9 Å². The molecule has 2 N–H and O–H groups in total. The van der Waals surface area contributed by atoms with Gasteiger partial charge in [0.15, 0.2) is 5.75 Å². The number of carboxylic acids is 1. The average Bonchev–Trinajstić information content (AvgIpc) is 3.16. The molecular weight excluding hydrogens is 276 g/mol. The molecule has 0 radical (unpaired) electrons. The van der Waals surface area contributed by atoms with E-state index in [1.807, 2.05) is 0 Å². The first-order valence-electron chi connectivity index (χ1n) is 6.76. The molecule has 21 heavy (non-hydrogen) atoms. The SMILES string of the molecule is CC(C)Oc1cc(NCC2(C(=O)O)CC2)ccc1[N+](=O)[O-]. The highest BCUT2D eigenvalue weighted by atomic mass is 16.6. The minimum atomic E-state index is -0.810. The maximum atomic E-state index is 11.1. The van der Waals surface area contributed by atoms with Crippen molar-refractivity contribution in [2.75, 3.05) is 11.9 Å². The third kappa shape index (κ3) is 3.42. The van der Waals surface area contributed by atoms with Gasteiger partial charge in [0.2, 0.25) is 0 Å². The minimum Gasteiger partial charge on any atom is -0.484 e. The van der Waals surface area contributed by atoms with Crippen molar-refractivity contribution in [2.24, 2.45) is 5.41 Å². The molecule has 0 atom stereocenters. The van der Waals surface area contributed by atoms with Crippen molar-refractivity contribution < 1.29 is 19.6 Å². The Balaban J connectivity index is 2.14. The van der Waals surface area contributed by atoms with Crippen LogP contribution in [0.15, 0.2) is 18.2 Å². The number of hydrogen-bond donors (Lipinski definition) is 2. The van der Waals surface area contributed by atoms with Crippen LogP contribution in [0.4, 0.5) is 11.4 Å². The standard InChI is InChI=1S/C14H18N2O5/c1-9(2)21-12-7-10(3-4-11(12)16(19)20)15-8-14(5-6-14)13(17)18/h3-4,7,9,15H,5-6,8H2,1-2H3,(H,17,18). The van der Waals surface area contributed by atoms with E-state index in [9.17, 15) is 14.9 Å². The van der Waals surface area contributed by atoms with Crippen LogP contribution in [-0.2, 0) is 4.79 Å². The Morgan fingerprint density at radius 3 is 2.67 bits per heavy atom. The summed E-state index contributed by atoms with van der Waals surface area (Å²) in [6.45, 7) is 3.88. The lowest BCUT2D eigenvalue weighted by Gasteiger charge is -2.14. The number of carboxylic acid groups (broad SMARTS) is 1. The number of nitro groups is 1. The van der Waals surface area contributed by atoms with Gasteiger partial charge in [0, 0.05) is 24.4 Å². The van der Waals surface area contributed by atoms with E-state index < -0.39 is 16.3 Å². The summed E-state index contributed by atoms with van der Waals surface area (Å²) in [5.74, 6) is -0.629. The molecular formula is C14H18N2O5. The van der Waals surface area contributed by atoms with Crippen LogP contribution in [0.25, 0.3) is 0 Å². The highest BCUT2D eigenvalue weighted by Crippen LogP contribution is 2.46. The zero-order valence-corrected chi connectivity index (χ0v) is 12.0. The van der Waals surface area contributed by atoms with Gasteiger partial charge in [0.05, 0.1) is 16.4 Å². The van der Waals surface area contributed by atoms with Gasteiger partial charge in [0.1, 0.15) is 0 Å². The van der Waals surface area contributed by atoms with Crippen molar-refractivity contribution in [1.29, 1.82) is 0 Å². The topological polar surface area (TPSA) is 102 Å². The Bertz CT molecular complexity index is 566. The Kier molecular flexibility index (Phi) is 4.02. The lowest BCUT2D eigenvalue weighted by molar-refractivity contribution is -0.386. The molecule has 0 aromatic heterocycles. The average molecular weight is 294 g/mol. The Morgan fingerprint density at radius 2 is 2.19 bits per heavy atom. The lowest BCUT2D eigenvalue weighted by atomic mass is 10.1. The minimum absolute atomic E-state index is 0.103. The number of carbonyl (C=O) groups is 1. The number of nitro benzene ring substituents is 1. The van der Waals surface area contributed by atoms with E-state index in [1.165, 1.54) is 12.1 Å². The van der Waals surface area contributed by atoms with E-state index in [2.05, 4.69) is 5.32 Å². The number of rotatable bonds is 7. The first kappa shape index (κ1) is 15.1. The molecule has 1 aromatic rings. The monoisotopic (exact) mass is 294 g/mol. The van der Waals surface area contributed by atoms with Crippen molar-refractivity contribution in [3.8, 4) is 5.75 Å². The van der Waals surface area contributed by atoms with E-state index in [0.717, 1.165) is 0 Å². The third-order valence-electron chi connectivity index (χ3n) is 3.46. The number of nitrogens with zero attached hydrogens (tertiary/aromatic N) is 1. The molecule has 0 unspecified atom stereocenters. The second-order valence-electron chi connectivity index (χ2n) is 5.55. The van der Waals surface area contributed by atoms with Crippen LogP contribution in [0, 0.1) is 15.5 Å². The molecule has 0 spiro atoms. The predicted octanol–water partition coefficient (Wildman–Crippen LogP) is 2.66. The number of anilines is 1. The molecule has 1 aliphatic carbocycles. The van der Waals surface area contributed by atoms with Gasteiger partial charge >= 0.3 is 11.7 Å². The van der Waals surface area contributed by atoms with E-state index >= 15 is 0 Å². The van der Waals surface area contributed by atoms with Crippen LogP contribution >= 0.6 is 0 Å². The fourth-order valence-electron chi connectivity index (χ4n) is 2.01. The number of nitrogens with one attached hydrogen (secondary N) is 1. The first-order chi connectivity index (χ1) is 9.84. The molecule has 7 nitrogen and oxygen atoms in total. The molecule has 1 fully saturated rings. The van der Waals surface area contributed by atoms with Gasteiger partial charge in [-0.2, -0.15) is 0 Å². The molecule has 0 saturated heterocycles. The number of hydrogen-bond acceptors (Lipinski definition) is 5. The molecule has 0 amide bonds. The van der Waals surface area contributed by atoms with Gasteiger partial charge in [0.25, 0.3) is 0 Å². The highest BCUT2D eigenvalue weighted by Gasteiger charge is 2.50. The number of benzene rings is 1. The zero-order chi connectivity index (χ0) is 15.6. The van der Waals surface area contributed by atoms with Crippen LogP contribution in [0.2, 0.25) is 0 Å². The van der Waals surface area contributed by atoms with Gasteiger partial charge in [-0.1, -0.05) is 0 Å². The molecule has 1 aliphatic rings. The van der Waals surface area contributed by atoms with Gasteiger partial charge < -0.3 is 15.2 Å². The molecule has 1 saturated carbocycles. The van der Waals surface area contributed by atoms with Crippen molar-refractivity contribution in [3.63, 3.8) is 0 Å². The summed E-state index contributed by atoms with van der Waals surface area (Å²) in [6.07, 6.45) is 1.11. The maximum Gasteiger partial charge on any atom is 0.311 e. The fourth-order valence-corrected chi connectivity index (χ4v) is 2.01. The van der Waals surface area contributed by atoms with Crippen molar-refractivity contribution >= 4 is 17.3 Å². The second kappa shape index (κ2) is 5.59. The fraction of sp³-hybridized carbons (Fsp3) is 0.500. The van der Waals surface area contributed by atoms with E-state index in [1.54, 1.807) is 19.9 Å². The van der Waals surface area contributed by atoms with Gasteiger partial charge in [-0.15, -0.1) is 0 Å². The molecule has 1 aromatic carbocycles. The largest absolute Gasteiger partial charge is 0.484 e. The smallest absolute Gasteiger partial charge is 0.311 e. The van der Waals surface area contributed by atoms with Gasteiger partial charge in [-0.05, 0) is 32.8 Å². The Labute approximate surface area is 122 Å². The molecule has 0 bridgehead atoms. The van der Waals surface area contributed by atoms with Crippen LogP contribution in [0.5, 0.6) is 5.75 Å². The summed E-state index contributed by atoms with van der Waals surface area (Å²) in [6, 6.07) is 4.46. The summed E-state index contributed by atoms with van der Waals surface area (Å²) in [7, 11) is 0. The van der Waals surface area contributed by atoms with Gasteiger partial charge in [-0.25, -0.2) is 0 Å². The lowest BCUT2D eigenvalue weighted by Crippen LogP contribution is -2.24. The van der Waals surface area contributed by atoms with Crippen molar-refractivity contribution in [3.05, 3.63) is 28.3 Å². The first-order valence-corrected chi connectivity index (χ1v) is 6.76. The number of aliphatic carboxylic acids is 1. The second-order valence-corrected chi connectivity index (χ2v) is 5.55. The number of ether oxygens (including phenoxy) is 1. The zero-order valence-electron chi connectivity index (χ0n) is 12.0. The van der Waals surface area contributed by atoms with Crippen LogP contribution < -0.4 is 10.1 Å². The van der Waals surface area contributed by atoms with Crippen molar-refractivity contribution in [1.82, 2.24) is 0 Å². The third-order valence-corrected chi connectivity index (χ3v) is 3.46. The van der Waals surface area contributed by atoms with Crippen LogP contribution in [0.1, 0.15) is 26.7 Å². The van der Waals surface area contributed by atoms with Crippen LogP contribution in [-0.4, -0.2) is 28.6 Å². The maximum absolute atomic E-state index is 11.1. The summed E-state index contributed by atoms with van der Waals surface area (Å²) < 4.78 is 5.44. The summed E-state index contributed by atoms with van der Waals surface area (Å²) >= 11 is 0. The Hall–Kier alpha value is -2.31. The highest BCUT2D eigenvalue weighted by molar-refractivity contribution is 5.78. The molecule has 2 rings (SSSR count). The van der Waals surface area contributed by atoms with Crippen LogP contribution in [0.3, 0.4) is 0 Å². The molecule has 0 aliphatic heterocycles. The summed E-state index contributed by atoms with van der Waals surface area (Å²) in [5.41, 5.74) is -0.182. The summed E-state index contributed by atoms with van der Waals surface area (Å²) in [5, 5.41) is 23.1. The molecule has 114 valence electrons. The normalized spacial score (nSPS) is 15.6. The quantitative estimate of drug-likeness (QED) is 0.592. The summed E-state index contributed by atoms with van der Waals surface area (Å²) in [4.78, 5) is 21.6. The van der Waals surface area contributed by atoms with E-state index in [-0.39, 0.29) is 17.5 Å². The molecule has 7 heteroatoms. The molecule has 0 heterocycles. The predicted molar refractivity (Wildman–Crippen MR) is 76.7 cm³/mol. The van der Waals surface area contributed by atoms with E-state index in [4.69, 9.17) is 9.84 Å². The van der Waals surface area contributed by atoms with E-state index in [0.29, 0.717) is 25.1 Å². The van der Waals surface area contributed by atoms with Crippen molar-refractivity contribution in [2.45, 2.75) is 32.8 Å². The Morgan fingerprint density at radius 1 is 1.52 bits per heavy atom.